The molecule has 0 spiro atoms. The number of urea groups is 1. The molecule has 0 aliphatic heterocycles. The second kappa shape index (κ2) is 11.1. The van der Waals surface area contributed by atoms with Gasteiger partial charge in [-0.2, -0.15) is 0 Å². The van der Waals surface area contributed by atoms with Crippen molar-refractivity contribution in [2.75, 3.05) is 6.54 Å². The van der Waals surface area contributed by atoms with Crippen LogP contribution in [0.5, 0.6) is 0 Å². The molecule has 4 N–H and O–H groups in total. The molecule has 1 aromatic carbocycles. The molecule has 0 atom stereocenters. The highest BCUT2D eigenvalue weighted by Gasteiger charge is 2.08. The Morgan fingerprint density at radius 2 is 1.76 bits per heavy atom. The van der Waals surface area contributed by atoms with E-state index >= 15 is 0 Å². The molecular formula is C16H28N4O. The number of unbranched alkanes of at least 4 members (excludes halogenated alkanes) is 5. The predicted octanol–water partition coefficient (Wildman–Crippen LogP) is 2.94. The number of hydrazine groups is 2. The second-order valence-electron chi connectivity index (χ2n) is 5.26. The van der Waals surface area contributed by atoms with Gasteiger partial charge in [-0.3, -0.25) is 10.9 Å². The second-order valence-corrected chi connectivity index (χ2v) is 5.26. The summed E-state index contributed by atoms with van der Waals surface area (Å²) < 4.78 is 0. The van der Waals surface area contributed by atoms with Crippen molar-refractivity contribution in [3.05, 3.63) is 35.9 Å². The molecule has 0 aliphatic carbocycles. The number of amides is 2. The first kappa shape index (κ1) is 17.5. The zero-order valence-electron chi connectivity index (χ0n) is 13.0. The highest BCUT2D eigenvalue weighted by atomic mass is 16.2. The van der Waals surface area contributed by atoms with Gasteiger partial charge >= 0.3 is 6.03 Å². The standard InChI is InChI=1S/C16H28N4O/c1-2-3-4-5-6-10-13-20(19-16(21)18-17)14-15-11-8-7-9-12-15/h7-9,11-12H,2-6,10,13-14,17H2,1H3,(H2,18,19,21). The SMILES string of the molecule is CCCCCCCCN(Cc1ccccc1)NC(=O)NN. The first-order chi connectivity index (χ1) is 10.3. The molecule has 1 aromatic rings. The lowest BCUT2D eigenvalue weighted by molar-refractivity contribution is 0.168. The van der Waals surface area contributed by atoms with Crippen LogP contribution in [-0.4, -0.2) is 17.6 Å². The molecule has 1 rings (SSSR count). The summed E-state index contributed by atoms with van der Waals surface area (Å²) in [6, 6.07) is 9.72. The summed E-state index contributed by atoms with van der Waals surface area (Å²) in [7, 11) is 0. The molecule has 0 aliphatic rings. The van der Waals surface area contributed by atoms with Gasteiger partial charge in [-0.15, -0.1) is 0 Å². The molecule has 0 bridgehead atoms. The first-order valence-corrected chi connectivity index (χ1v) is 7.82. The third-order valence-electron chi connectivity index (χ3n) is 3.39. The predicted molar refractivity (Wildman–Crippen MR) is 86.1 cm³/mol. The number of hydrogen-bond donors (Lipinski definition) is 3. The molecule has 0 heterocycles. The van der Waals surface area contributed by atoms with Gasteiger partial charge in [0.15, 0.2) is 0 Å². The highest BCUT2D eigenvalue weighted by Crippen LogP contribution is 2.07. The Bertz CT molecular complexity index is 383. The van der Waals surface area contributed by atoms with E-state index in [-0.39, 0.29) is 6.03 Å². The fourth-order valence-electron chi connectivity index (χ4n) is 2.24. The third kappa shape index (κ3) is 8.32. The maximum absolute atomic E-state index is 11.4. The zero-order valence-corrected chi connectivity index (χ0v) is 13.0. The Labute approximate surface area is 127 Å². The van der Waals surface area contributed by atoms with Crippen molar-refractivity contribution in [1.29, 1.82) is 0 Å². The smallest absolute Gasteiger partial charge is 0.275 e. The lowest BCUT2D eigenvalue weighted by Crippen LogP contribution is -2.49. The highest BCUT2D eigenvalue weighted by molar-refractivity contribution is 5.72. The van der Waals surface area contributed by atoms with E-state index in [0.717, 1.165) is 13.0 Å². The number of nitrogens with one attached hydrogen (secondary N) is 2. The summed E-state index contributed by atoms with van der Waals surface area (Å²) >= 11 is 0. The number of carbonyl (C=O) groups excluding carboxylic acids is 1. The molecule has 5 nitrogen and oxygen atoms in total. The van der Waals surface area contributed by atoms with Crippen LogP contribution in [-0.2, 0) is 6.54 Å². The van der Waals surface area contributed by atoms with Crippen molar-refractivity contribution in [2.45, 2.75) is 52.0 Å². The van der Waals surface area contributed by atoms with Gasteiger partial charge in [0.05, 0.1) is 0 Å². The van der Waals surface area contributed by atoms with Gasteiger partial charge < -0.3 is 0 Å². The van der Waals surface area contributed by atoms with Crippen LogP contribution < -0.4 is 16.7 Å². The molecule has 118 valence electrons. The van der Waals surface area contributed by atoms with E-state index in [9.17, 15) is 4.79 Å². The lowest BCUT2D eigenvalue weighted by atomic mass is 10.1. The van der Waals surface area contributed by atoms with Gasteiger partial charge in [0.25, 0.3) is 0 Å². The average molecular weight is 292 g/mol. The summed E-state index contributed by atoms with van der Waals surface area (Å²) in [5.74, 6) is 5.13. The number of nitrogens with zero attached hydrogens (tertiary/aromatic N) is 1. The van der Waals surface area contributed by atoms with Crippen LogP contribution in [0.4, 0.5) is 4.79 Å². The van der Waals surface area contributed by atoms with Crippen LogP contribution in [0.1, 0.15) is 51.0 Å². The number of benzene rings is 1. The summed E-state index contributed by atoms with van der Waals surface area (Å²) in [5.41, 5.74) is 6.05. The van der Waals surface area contributed by atoms with Crippen LogP contribution >= 0.6 is 0 Å². The van der Waals surface area contributed by atoms with Crippen molar-refractivity contribution in [3.63, 3.8) is 0 Å². The molecule has 0 unspecified atom stereocenters. The van der Waals surface area contributed by atoms with E-state index in [1.807, 2.05) is 23.2 Å². The van der Waals surface area contributed by atoms with Crippen LogP contribution in [0.2, 0.25) is 0 Å². The summed E-state index contributed by atoms with van der Waals surface area (Å²) in [6.07, 6.45) is 7.39. The largest absolute Gasteiger partial charge is 0.343 e. The number of nitrogens with two attached hydrogens (primary N) is 1. The Kier molecular flexibility index (Phi) is 9.24. The van der Waals surface area contributed by atoms with Gasteiger partial charge in [0.2, 0.25) is 0 Å². The van der Waals surface area contributed by atoms with Crippen LogP contribution in [0, 0.1) is 0 Å². The minimum atomic E-state index is -0.378. The van der Waals surface area contributed by atoms with Crippen LogP contribution in [0.15, 0.2) is 30.3 Å². The van der Waals surface area contributed by atoms with E-state index in [1.165, 1.54) is 37.7 Å². The topological polar surface area (TPSA) is 70.4 Å². The Morgan fingerprint density at radius 1 is 1.10 bits per heavy atom. The monoisotopic (exact) mass is 292 g/mol. The molecule has 21 heavy (non-hydrogen) atoms. The molecule has 0 aromatic heterocycles. The molecule has 2 amide bonds. The van der Waals surface area contributed by atoms with Crippen molar-refractivity contribution in [1.82, 2.24) is 15.9 Å². The number of hydrogen-bond acceptors (Lipinski definition) is 3. The molecular weight excluding hydrogens is 264 g/mol. The van der Waals surface area contributed by atoms with E-state index in [2.05, 4.69) is 29.9 Å². The fourth-order valence-corrected chi connectivity index (χ4v) is 2.24. The lowest BCUT2D eigenvalue weighted by Gasteiger charge is -2.23. The van der Waals surface area contributed by atoms with Gasteiger partial charge in [-0.05, 0) is 12.0 Å². The maximum atomic E-state index is 11.4. The molecule has 0 saturated heterocycles. The molecule has 0 saturated carbocycles. The first-order valence-electron chi connectivity index (χ1n) is 7.82. The van der Waals surface area contributed by atoms with Gasteiger partial charge in [-0.25, -0.2) is 15.6 Å². The third-order valence-corrected chi connectivity index (χ3v) is 3.39. The van der Waals surface area contributed by atoms with Gasteiger partial charge in [-0.1, -0.05) is 69.4 Å². The van der Waals surface area contributed by atoms with Gasteiger partial charge in [0.1, 0.15) is 0 Å². The minimum absolute atomic E-state index is 0.378. The number of rotatable bonds is 10. The van der Waals surface area contributed by atoms with Crippen molar-refractivity contribution >= 4 is 6.03 Å². The Morgan fingerprint density at radius 3 is 2.43 bits per heavy atom. The van der Waals surface area contributed by atoms with Crippen molar-refractivity contribution < 1.29 is 4.79 Å². The van der Waals surface area contributed by atoms with Crippen LogP contribution in [0.3, 0.4) is 0 Å². The number of carbonyl (C=O) groups is 1. The maximum Gasteiger partial charge on any atom is 0.343 e. The van der Waals surface area contributed by atoms with E-state index in [1.54, 1.807) is 0 Å². The Balaban J connectivity index is 2.36. The fraction of sp³-hybridized carbons (Fsp3) is 0.562. The zero-order chi connectivity index (χ0) is 15.3. The molecule has 0 fully saturated rings. The summed E-state index contributed by atoms with van der Waals surface area (Å²) in [4.78, 5) is 11.4. The van der Waals surface area contributed by atoms with Gasteiger partial charge in [0, 0.05) is 13.1 Å². The summed E-state index contributed by atoms with van der Waals surface area (Å²) in [6.45, 7) is 3.73. The average Bonchev–Trinajstić information content (AvgIpc) is 2.51. The van der Waals surface area contributed by atoms with E-state index in [0.29, 0.717) is 6.54 Å². The quantitative estimate of drug-likeness (QED) is 0.269. The minimum Gasteiger partial charge on any atom is -0.275 e. The van der Waals surface area contributed by atoms with Crippen LogP contribution in [0.25, 0.3) is 0 Å². The molecule has 0 radical (unpaired) electrons. The summed E-state index contributed by atoms with van der Waals surface area (Å²) in [5, 5.41) is 1.91. The normalized spacial score (nSPS) is 10.6. The Hall–Kier alpha value is -1.59. The van der Waals surface area contributed by atoms with E-state index in [4.69, 9.17) is 5.84 Å². The van der Waals surface area contributed by atoms with Crippen molar-refractivity contribution in [3.8, 4) is 0 Å². The molecule has 5 heteroatoms. The van der Waals surface area contributed by atoms with Crippen molar-refractivity contribution in [2.24, 2.45) is 5.84 Å². The van der Waals surface area contributed by atoms with E-state index < -0.39 is 0 Å².